The Bertz CT molecular complexity index is 554. The summed E-state index contributed by atoms with van der Waals surface area (Å²) in [5, 5.41) is 0. The molecule has 19 heavy (non-hydrogen) atoms. The molecule has 1 heterocycles. The first kappa shape index (κ1) is 12.6. The van der Waals surface area contributed by atoms with Crippen LogP contribution in [0.3, 0.4) is 0 Å². The highest BCUT2D eigenvalue weighted by atomic mass is 19.1. The normalized spacial score (nSPS) is 31.6. The quantitative estimate of drug-likeness (QED) is 0.608. The average Bonchev–Trinajstić information content (AvgIpc) is 2.93. The maximum absolute atomic E-state index is 13.8. The van der Waals surface area contributed by atoms with E-state index in [1.807, 2.05) is 19.9 Å². The first-order chi connectivity index (χ1) is 8.99. The number of hydrogen-bond donors (Lipinski definition) is 0. The highest BCUT2D eigenvalue weighted by Gasteiger charge is 2.78. The summed E-state index contributed by atoms with van der Waals surface area (Å²) in [4.78, 5) is 12.2. The first-order valence-electron chi connectivity index (χ1n) is 6.56. The van der Waals surface area contributed by atoms with Gasteiger partial charge in [0.1, 0.15) is 11.4 Å². The van der Waals surface area contributed by atoms with Crippen molar-refractivity contribution < 1.29 is 18.7 Å². The van der Waals surface area contributed by atoms with Crippen LogP contribution in [0, 0.1) is 11.7 Å². The Kier molecular flexibility index (Phi) is 2.52. The van der Waals surface area contributed by atoms with Gasteiger partial charge in [0.15, 0.2) is 0 Å². The Hall–Kier alpha value is -1.42. The van der Waals surface area contributed by atoms with Crippen molar-refractivity contribution in [2.45, 2.75) is 37.9 Å². The summed E-state index contributed by atoms with van der Waals surface area (Å²) in [6.07, 6.45) is 1.24. The predicted octanol–water partition coefficient (Wildman–Crippen LogP) is 2.57. The van der Waals surface area contributed by atoms with Gasteiger partial charge in [-0.3, -0.25) is 0 Å². The fraction of sp³-hybridized carbons (Fsp3) is 0.533. The van der Waals surface area contributed by atoms with Crippen LogP contribution in [0.5, 0.6) is 0 Å². The van der Waals surface area contributed by atoms with Crippen molar-refractivity contribution in [1.29, 1.82) is 0 Å². The van der Waals surface area contributed by atoms with E-state index in [1.165, 1.54) is 13.2 Å². The second-order valence-electron chi connectivity index (χ2n) is 5.58. The molecular weight excluding hydrogens is 247 g/mol. The van der Waals surface area contributed by atoms with Gasteiger partial charge in [0.25, 0.3) is 0 Å². The summed E-state index contributed by atoms with van der Waals surface area (Å²) in [7, 11) is 1.36. The van der Waals surface area contributed by atoms with Crippen LogP contribution in [-0.4, -0.2) is 18.7 Å². The van der Waals surface area contributed by atoms with Crippen LogP contribution in [-0.2, 0) is 26.3 Å². The van der Waals surface area contributed by atoms with Crippen molar-refractivity contribution in [1.82, 2.24) is 0 Å². The van der Waals surface area contributed by atoms with Crippen LogP contribution in [0.25, 0.3) is 0 Å². The highest BCUT2D eigenvalue weighted by Crippen LogP contribution is 2.66. The van der Waals surface area contributed by atoms with Gasteiger partial charge in [-0.25, -0.2) is 9.18 Å². The molecular formula is C15H17FO3. The topological polar surface area (TPSA) is 38.8 Å². The molecule has 1 spiro atoms. The molecule has 1 aromatic rings. The Morgan fingerprint density at radius 3 is 2.84 bits per heavy atom. The molecule has 3 nitrogen and oxygen atoms in total. The van der Waals surface area contributed by atoms with E-state index in [9.17, 15) is 9.18 Å². The third-order valence-electron chi connectivity index (χ3n) is 4.48. The maximum atomic E-state index is 13.8. The Balaban J connectivity index is 2.11. The fourth-order valence-corrected chi connectivity index (χ4v) is 3.55. The van der Waals surface area contributed by atoms with E-state index in [-0.39, 0.29) is 17.7 Å². The van der Waals surface area contributed by atoms with E-state index >= 15 is 0 Å². The number of halogens is 1. The van der Waals surface area contributed by atoms with E-state index in [1.54, 1.807) is 6.07 Å². The molecule has 1 fully saturated rings. The molecule has 1 saturated heterocycles. The smallest absolute Gasteiger partial charge is 0.341 e. The zero-order chi connectivity index (χ0) is 13.8. The minimum absolute atomic E-state index is 0.0193. The number of benzene rings is 1. The fourth-order valence-electron chi connectivity index (χ4n) is 3.55. The highest BCUT2D eigenvalue weighted by molar-refractivity contribution is 5.86. The van der Waals surface area contributed by atoms with E-state index in [0.717, 1.165) is 5.56 Å². The van der Waals surface area contributed by atoms with E-state index in [4.69, 9.17) is 9.47 Å². The van der Waals surface area contributed by atoms with Crippen LogP contribution in [0.15, 0.2) is 18.2 Å². The summed E-state index contributed by atoms with van der Waals surface area (Å²) in [5.74, 6) is -0.596. The zero-order valence-electron chi connectivity index (χ0n) is 11.3. The zero-order valence-corrected chi connectivity index (χ0v) is 11.3. The maximum Gasteiger partial charge on any atom is 0.341 e. The molecule has 2 aliphatic rings. The lowest BCUT2D eigenvalue weighted by Gasteiger charge is -2.18. The van der Waals surface area contributed by atoms with Crippen LogP contribution in [0.1, 0.15) is 31.4 Å². The number of epoxide rings is 1. The van der Waals surface area contributed by atoms with Crippen LogP contribution < -0.4 is 0 Å². The number of carbonyl (C=O) groups is 1. The van der Waals surface area contributed by atoms with Gasteiger partial charge in [0.05, 0.1) is 7.11 Å². The minimum Gasteiger partial charge on any atom is -0.467 e. The van der Waals surface area contributed by atoms with Crippen molar-refractivity contribution in [2.75, 3.05) is 7.11 Å². The van der Waals surface area contributed by atoms with Crippen molar-refractivity contribution in [3.05, 3.63) is 35.1 Å². The third kappa shape index (κ3) is 1.32. The van der Waals surface area contributed by atoms with E-state index in [0.29, 0.717) is 18.4 Å². The van der Waals surface area contributed by atoms with Gasteiger partial charge in [-0.2, -0.15) is 0 Å². The van der Waals surface area contributed by atoms with Crippen LogP contribution in [0.4, 0.5) is 4.39 Å². The molecule has 0 amide bonds. The molecule has 0 aromatic heterocycles. The average molecular weight is 264 g/mol. The van der Waals surface area contributed by atoms with Gasteiger partial charge in [-0.15, -0.1) is 0 Å². The lowest BCUT2D eigenvalue weighted by molar-refractivity contribution is -0.148. The number of methoxy groups -OCH3 is 1. The molecule has 0 saturated carbocycles. The summed E-state index contributed by atoms with van der Waals surface area (Å²) in [6, 6.07) is 4.99. The molecule has 1 aromatic carbocycles. The first-order valence-corrected chi connectivity index (χ1v) is 6.56. The molecule has 3 rings (SSSR count). The van der Waals surface area contributed by atoms with Crippen molar-refractivity contribution in [2.24, 2.45) is 5.92 Å². The summed E-state index contributed by atoms with van der Waals surface area (Å²) >= 11 is 0. The van der Waals surface area contributed by atoms with Gasteiger partial charge in [0, 0.05) is 0 Å². The van der Waals surface area contributed by atoms with Crippen LogP contribution >= 0.6 is 0 Å². The summed E-state index contributed by atoms with van der Waals surface area (Å²) in [5.41, 5.74) is -0.160. The van der Waals surface area contributed by atoms with Gasteiger partial charge in [-0.05, 0) is 36.0 Å². The van der Waals surface area contributed by atoms with Gasteiger partial charge < -0.3 is 9.47 Å². The van der Waals surface area contributed by atoms with Crippen molar-refractivity contribution in [3.8, 4) is 0 Å². The molecule has 0 N–H and O–H groups in total. The van der Waals surface area contributed by atoms with E-state index < -0.39 is 11.2 Å². The molecule has 2 unspecified atom stereocenters. The van der Waals surface area contributed by atoms with Crippen molar-refractivity contribution >= 4 is 5.97 Å². The molecule has 4 heteroatoms. The molecule has 102 valence electrons. The monoisotopic (exact) mass is 264 g/mol. The minimum atomic E-state index is -0.958. The predicted molar refractivity (Wildman–Crippen MR) is 67.1 cm³/mol. The SMILES string of the molecule is COC(=O)C1(C(C)C)OC12CCc1c(F)cccc12. The third-order valence-corrected chi connectivity index (χ3v) is 4.48. The second-order valence-corrected chi connectivity index (χ2v) is 5.58. The van der Waals surface area contributed by atoms with Gasteiger partial charge in [-0.1, -0.05) is 26.0 Å². The molecule has 0 bridgehead atoms. The van der Waals surface area contributed by atoms with Gasteiger partial charge >= 0.3 is 5.97 Å². The molecule has 2 atom stereocenters. The Morgan fingerprint density at radius 2 is 2.21 bits per heavy atom. The largest absolute Gasteiger partial charge is 0.467 e. The Labute approximate surface area is 111 Å². The number of hydrogen-bond acceptors (Lipinski definition) is 3. The molecule has 1 aliphatic heterocycles. The van der Waals surface area contributed by atoms with Crippen molar-refractivity contribution in [3.63, 3.8) is 0 Å². The number of esters is 1. The molecule has 1 aliphatic carbocycles. The molecule has 0 radical (unpaired) electrons. The number of ether oxygens (including phenoxy) is 2. The number of carbonyl (C=O) groups excluding carboxylic acids is 1. The summed E-state index contributed by atoms with van der Waals surface area (Å²) in [6.45, 7) is 3.87. The summed E-state index contributed by atoms with van der Waals surface area (Å²) < 4.78 is 24.6. The Morgan fingerprint density at radius 1 is 1.47 bits per heavy atom. The van der Waals surface area contributed by atoms with Crippen LogP contribution in [0.2, 0.25) is 0 Å². The lowest BCUT2D eigenvalue weighted by atomic mass is 9.80. The van der Waals surface area contributed by atoms with E-state index in [2.05, 4.69) is 0 Å². The number of rotatable bonds is 2. The van der Waals surface area contributed by atoms with Gasteiger partial charge in [0.2, 0.25) is 5.60 Å². The second kappa shape index (κ2) is 3.79. The standard InChI is InChI=1S/C15H17FO3/c1-9(2)15(13(17)18-3)14(19-15)8-7-10-11(14)5-4-6-12(10)16/h4-6,9H,7-8H2,1-3H3. The lowest BCUT2D eigenvalue weighted by Crippen LogP contribution is -2.38. The number of fused-ring (bicyclic) bond motifs is 2.